The number of benzene rings is 1. The third-order valence-corrected chi connectivity index (χ3v) is 2.71. The Kier molecular flexibility index (Phi) is 2.80. The van der Waals surface area contributed by atoms with E-state index in [1.54, 1.807) is 18.7 Å². The van der Waals surface area contributed by atoms with Crippen molar-refractivity contribution in [2.45, 2.75) is 0 Å². The largest absolute Gasteiger partial charge is 0.265 e. The second-order valence-electron chi connectivity index (χ2n) is 3.89. The Hall–Kier alpha value is -2.55. The normalized spacial score (nSPS) is 10.2. The highest BCUT2D eigenvalue weighted by Crippen LogP contribution is 2.21. The van der Waals surface area contributed by atoms with E-state index in [0.29, 0.717) is 0 Å². The summed E-state index contributed by atoms with van der Waals surface area (Å²) in [5.41, 5.74) is 3.98. The van der Waals surface area contributed by atoms with Gasteiger partial charge in [0.25, 0.3) is 0 Å². The van der Waals surface area contributed by atoms with E-state index in [4.69, 9.17) is 0 Å². The van der Waals surface area contributed by atoms with Crippen LogP contribution in [0.3, 0.4) is 0 Å². The maximum absolute atomic E-state index is 4.31. The number of aromatic nitrogens is 3. The van der Waals surface area contributed by atoms with E-state index in [2.05, 4.69) is 15.0 Å². The van der Waals surface area contributed by atoms with Crippen LogP contribution in [0.2, 0.25) is 0 Å². The number of pyridine rings is 1. The zero-order valence-electron chi connectivity index (χ0n) is 9.69. The van der Waals surface area contributed by atoms with Gasteiger partial charge in [0.05, 0.1) is 11.4 Å². The summed E-state index contributed by atoms with van der Waals surface area (Å²) < 4.78 is 0. The van der Waals surface area contributed by atoms with Crippen molar-refractivity contribution in [1.82, 2.24) is 15.0 Å². The van der Waals surface area contributed by atoms with E-state index in [-0.39, 0.29) is 0 Å². The quantitative estimate of drug-likeness (QED) is 0.682. The summed E-state index contributed by atoms with van der Waals surface area (Å²) in [7, 11) is 0. The van der Waals surface area contributed by atoms with E-state index in [0.717, 1.165) is 22.5 Å². The Labute approximate surface area is 105 Å². The third kappa shape index (κ3) is 2.11. The Balaban J connectivity index is 2.05. The summed E-state index contributed by atoms with van der Waals surface area (Å²) >= 11 is 0. The van der Waals surface area contributed by atoms with Crippen molar-refractivity contribution in [3.8, 4) is 22.5 Å². The topological polar surface area (TPSA) is 38.7 Å². The molecule has 0 bridgehead atoms. The highest BCUT2D eigenvalue weighted by Gasteiger charge is 2.03. The molecule has 0 atom stereocenters. The molecule has 3 nitrogen and oxygen atoms in total. The van der Waals surface area contributed by atoms with Crippen LogP contribution in [0.4, 0.5) is 0 Å². The Morgan fingerprint density at radius 3 is 1.94 bits per heavy atom. The minimum Gasteiger partial charge on any atom is -0.265 e. The Bertz CT molecular complexity index is 581. The first-order valence-electron chi connectivity index (χ1n) is 5.71. The fourth-order valence-corrected chi connectivity index (χ4v) is 1.80. The highest BCUT2D eigenvalue weighted by molar-refractivity contribution is 5.66. The van der Waals surface area contributed by atoms with E-state index in [1.807, 2.05) is 48.5 Å². The second-order valence-corrected chi connectivity index (χ2v) is 3.89. The van der Waals surface area contributed by atoms with E-state index in [9.17, 15) is 0 Å². The predicted molar refractivity (Wildman–Crippen MR) is 70.7 cm³/mol. The summed E-state index contributed by atoms with van der Waals surface area (Å²) in [4.78, 5) is 12.6. The van der Waals surface area contributed by atoms with Gasteiger partial charge in [-0.05, 0) is 18.2 Å². The molecule has 0 fully saturated rings. The SMILES string of the molecule is c1ccc(-c2cc(-c3ccncc3)ncn2)cc1. The summed E-state index contributed by atoms with van der Waals surface area (Å²) in [6.45, 7) is 0. The van der Waals surface area contributed by atoms with Crippen molar-refractivity contribution in [1.29, 1.82) is 0 Å². The van der Waals surface area contributed by atoms with Gasteiger partial charge in [-0.15, -0.1) is 0 Å². The van der Waals surface area contributed by atoms with Crippen LogP contribution in [0.1, 0.15) is 0 Å². The first-order chi connectivity index (χ1) is 8.93. The van der Waals surface area contributed by atoms with Gasteiger partial charge in [0.15, 0.2) is 0 Å². The molecule has 0 saturated carbocycles. The van der Waals surface area contributed by atoms with Crippen LogP contribution in [-0.4, -0.2) is 15.0 Å². The summed E-state index contributed by atoms with van der Waals surface area (Å²) in [6, 6.07) is 16.0. The number of hydrogen-bond donors (Lipinski definition) is 0. The van der Waals surface area contributed by atoms with Gasteiger partial charge in [-0.25, -0.2) is 9.97 Å². The fourth-order valence-electron chi connectivity index (χ4n) is 1.80. The number of rotatable bonds is 2. The highest BCUT2D eigenvalue weighted by atomic mass is 14.8. The van der Waals surface area contributed by atoms with Crippen LogP contribution in [0.15, 0.2) is 67.3 Å². The maximum Gasteiger partial charge on any atom is 0.116 e. The zero-order chi connectivity index (χ0) is 12.2. The molecule has 3 rings (SSSR count). The first kappa shape index (κ1) is 10.6. The van der Waals surface area contributed by atoms with Gasteiger partial charge < -0.3 is 0 Å². The van der Waals surface area contributed by atoms with Gasteiger partial charge >= 0.3 is 0 Å². The smallest absolute Gasteiger partial charge is 0.116 e. The standard InChI is InChI=1S/C15H11N3/c1-2-4-12(5-3-1)14-10-15(18-11-17-14)13-6-8-16-9-7-13/h1-11H. The van der Waals surface area contributed by atoms with Crippen molar-refractivity contribution in [2.24, 2.45) is 0 Å². The second kappa shape index (κ2) is 4.75. The molecule has 0 amide bonds. The van der Waals surface area contributed by atoms with Gasteiger partial charge in [0, 0.05) is 23.5 Å². The fraction of sp³-hybridized carbons (Fsp3) is 0. The van der Waals surface area contributed by atoms with Crippen LogP contribution >= 0.6 is 0 Å². The minimum atomic E-state index is 0.909. The molecule has 86 valence electrons. The molecule has 18 heavy (non-hydrogen) atoms. The lowest BCUT2D eigenvalue weighted by Gasteiger charge is -2.03. The molecular weight excluding hydrogens is 222 g/mol. The van der Waals surface area contributed by atoms with E-state index >= 15 is 0 Å². The van der Waals surface area contributed by atoms with Gasteiger partial charge in [-0.3, -0.25) is 4.98 Å². The predicted octanol–water partition coefficient (Wildman–Crippen LogP) is 3.21. The molecule has 1 aromatic carbocycles. The third-order valence-electron chi connectivity index (χ3n) is 2.71. The van der Waals surface area contributed by atoms with Gasteiger partial charge in [-0.2, -0.15) is 0 Å². The van der Waals surface area contributed by atoms with Crippen LogP contribution < -0.4 is 0 Å². The molecule has 0 N–H and O–H groups in total. The van der Waals surface area contributed by atoms with Crippen molar-refractivity contribution in [2.75, 3.05) is 0 Å². The summed E-state index contributed by atoms with van der Waals surface area (Å²) in [5, 5.41) is 0. The lowest BCUT2D eigenvalue weighted by Crippen LogP contribution is -1.89. The first-order valence-corrected chi connectivity index (χ1v) is 5.71. The molecule has 0 saturated heterocycles. The van der Waals surface area contributed by atoms with E-state index < -0.39 is 0 Å². The number of nitrogens with zero attached hydrogens (tertiary/aromatic N) is 3. The van der Waals surface area contributed by atoms with Crippen molar-refractivity contribution < 1.29 is 0 Å². The molecule has 3 aromatic rings. The molecule has 0 aliphatic rings. The lowest BCUT2D eigenvalue weighted by atomic mass is 10.1. The van der Waals surface area contributed by atoms with E-state index in [1.165, 1.54) is 0 Å². The molecule has 0 spiro atoms. The van der Waals surface area contributed by atoms with Crippen molar-refractivity contribution >= 4 is 0 Å². The molecule has 3 heteroatoms. The van der Waals surface area contributed by atoms with Crippen LogP contribution in [0.25, 0.3) is 22.5 Å². The van der Waals surface area contributed by atoms with Gasteiger partial charge in [0.1, 0.15) is 6.33 Å². The molecule has 2 heterocycles. The molecule has 0 unspecified atom stereocenters. The molecule has 0 radical (unpaired) electrons. The summed E-state index contributed by atoms with van der Waals surface area (Å²) in [6.07, 6.45) is 5.12. The Morgan fingerprint density at radius 2 is 1.28 bits per heavy atom. The molecular formula is C15H11N3. The lowest BCUT2D eigenvalue weighted by molar-refractivity contribution is 1.17. The summed E-state index contributed by atoms with van der Waals surface area (Å²) in [5.74, 6) is 0. The Morgan fingerprint density at radius 1 is 0.667 bits per heavy atom. The molecule has 0 aliphatic carbocycles. The van der Waals surface area contributed by atoms with Gasteiger partial charge in [0.2, 0.25) is 0 Å². The molecule has 2 aromatic heterocycles. The number of hydrogen-bond acceptors (Lipinski definition) is 3. The van der Waals surface area contributed by atoms with Crippen molar-refractivity contribution in [3.05, 3.63) is 67.3 Å². The van der Waals surface area contributed by atoms with Crippen LogP contribution in [-0.2, 0) is 0 Å². The average Bonchev–Trinajstić information content (AvgIpc) is 2.49. The van der Waals surface area contributed by atoms with Gasteiger partial charge in [-0.1, -0.05) is 30.3 Å². The van der Waals surface area contributed by atoms with Crippen molar-refractivity contribution in [3.63, 3.8) is 0 Å². The monoisotopic (exact) mass is 233 g/mol. The molecule has 0 aliphatic heterocycles. The van der Waals surface area contributed by atoms with Crippen LogP contribution in [0, 0.1) is 0 Å². The maximum atomic E-state index is 4.31. The average molecular weight is 233 g/mol. The van der Waals surface area contributed by atoms with Crippen LogP contribution in [0.5, 0.6) is 0 Å². The minimum absolute atomic E-state index is 0.909. The zero-order valence-corrected chi connectivity index (χ0v) is 9.69.